The third kappa shape index (κ3) is 4.76. The van der Waals surface area contributed by atoms with Gasteiger partial charge in [-0.25, -0.2) is 0 Å². The molecule has 0 radical (unpaired) electrons. The number of carbonyl (C=O) groups excluding carboxylic acids is 1. The highest BCUT2D eigenvalue weighted by molar-refractivity contribution is 6.02. The van der Waals surface area contributed by atoms with Crippen molar-refractivity contribution < 1.29 is 9.53 Å². The molecular weight excluding hydrogens is 264 g/mol. The zero-order valence-corrected chi connectivity index (χ0v) is 12.0. The lowest BCUT2D eigenvalue weighted by Crippen LogP contribution is -2.09. The van der Waals surface area contributed by atoms with Crippen LogP contribution in [0.1, 0.15) is 18.9 Å². The minimum atomic E-state index is -0.202. The van der Waals surface area contributed by atoms with Crippen LogP contribution in [0.3, 0.4) is 0 Å². The Morgan fingerprint density at radius 1 is 1.29 bits per heavy atom. The summed E-state index contributed by atoms with van der Waals surface area (Å²) in [6.45, 7) is 2.66. The van der Waals surface area contributed by atoms with E-state index in [1.807, 2.05) is 43.3 Å². The Kier molecular flexibility index (Phi) is 5.52. The monoisotopic (exact) mass is 282 g/mol. The van der Waals surface area contributed by atoms with Crippen molar-refractivity contribution in [2.45, 2.75) is 13.3 Å². The molecular formula is C17H18N2O2. The van der Waals surface area contributed by atoms with Crippen molar-refractivity contribution in [1.29, 1.82) is 0 Å². The molecule has 0 fully saturated rings. The van der Waals surface area contributed by atoms with Crippen LogP contribution in [0, 0.1) is 0 Å². The molecule has 2 aromatic rings. The average molecular weight is 282 g/mol. The fraction of sp³-hybridized carbons (Fsp3) is 0.176. The number of hydrogen-bond donors (Lipinski definition) is 1. The summed E-state index contributed by atoms with van der Waals surface area (Å²) in [4.78, 5) is 15.9. The minimum Gasteiger partial charge on any atom is -0.491 e. The van der Waals surface area contributed by atoms with Gasteiger partial charge in [-0.05, 0) is 36.3 Å². The number of ether oxygens (including phenoxy) is 1. The van der Waals surface area contributed by atoms with E-state index >= 15 is 0 Å². The molecule has 4 nitrogen and oxygen atoms in total. The number of nitrogens with zero attached hydrogens (tertiary/aromatic N) is 1. The molecule has 0 saturated heterocycles. The van der Waals surface area contributed by atoms with Gasteiger partial charge in [0.2, 0.25) is 5.91 Å². The maximum Gasteiger partial charge on any atom is 0.248 e. The van der Waals surface area contributed by atoms with E-state index in [2.05, 4.69) is 10.3 Å². The summed E-state index contributed by atoms with van der Waals surface area (Å²) >= 11 is 0. The van der Waals surface area contributed by atoms with Gasteiger partial charge in [0.15, 0.2) is 0 Å². The zero-order chi connectivity index (χ0) is 14.9. The molecule has 0 aliphatic rings. The zero-order valence-electron chi connectivity index (χ0n) is 12.0. The molecule has 4 heteroatoms. The lowest BCUT2D eigenvalue weighted by Gasteiger charge is -2.10. The number of aromatic nitrogens is 1. The SMILES string of the molecule is CCCOc1ccccc1NC(=O)/C=C/c1cccnc1. The van der Waals surface area contributed by atoms with E-state index in [-0.39, 0.29) is 5.91 Å². The smallest absolute Gasteiger partial charge is 0.248 e. The van der Waals surface area contributed by atoms with Crippen molar-refractivity contribution in [1.82, 2.24) is 4.98 Å². The Balaban J connectivity index is 2.01. The van der Waals surface area contributed by atoms with Crippen LogP contribution in [-0.2, 0) is 4.79 Å². The highest BCUT2D eigenvalue weighted by Crippen LogP contribution is 2.23. The van der Waals surface area contributed by atoms with E-state index in [4.69, 9.17) is 4.74 Å². The summed E-state index contributed by atoms with van der Waals surface area (Å²) in [5.41, 5.74) is 1.55. The summed E-state index contributed by atoms with van der Waals surface area (Å²) in [5.74, 6) is 0.480. The predicted octanol–water partition coefficient (Wildman–Crippen LogP) is 3.52. The van der Waals surface area contributed by atoms with Gasteiger partial charge in [-0.15, -0.1) is 0 Å². The fourth-order valence-corrected chi connectivity index (χ4v) is 1.73. The molecule has 0 atom stereocenters. The van der Waals surface area contributed by atoms with Gasteiger partial charge in [-0.2, -0.15) is 0 Å². The summed E-state index contributed by atoms with van der Waals surface area (Å²) < 4.78 is 5.60. The molecule has 0 spiro atoms. The van der Waals surface area contributed by atoms with Crippen molar-refractivity contribution >= 4 is 17.7 Å². The molecule has 1 heterocycles. The van der Waals surface area contributed by atoms with Crippen LogP contribution >= 0.6 is 0 Å². The van der Waals surface area contributed by atoms with E-state index in [1.54, 1.807) is 18.5 Å². The van der Waals surface area contributed by atoms with Gasteiger partial charge in [0.1, 0.15) is 5.75 Å². The highest BCUT2D eigenvalue weighted by atomic mass is 16.5. The molecule has 0 bridgehead atoms. The van der Waals surface area contributed by atoms with Crippen molar-refractivity contribution in [2.24, 2.45) is 0 Å². The minimum absolute atomic E-state index is 0.202. The van der Waals surface area contributed by atoms with Crippen LogP contribution in [0.4, 0.5) is 5.69 Å². The molecule has 21 heavy (non-hydrogen) atoms. The summed E-state index contributed by atoms with van der Waals surface area (Å²) in [6.07, 6.45) is 7.51. The van der Waals surface area contributed by atoms with Gasteiger partial charge < -0.3 is 10.1 Å². The molecule has 0 aliphatic heterocycles. The van der Waals surface area contributed by atoms with E-state index in [9.17, 15) is 4.79 Å². The third-order valence-corrected chi connectivity index (χ3v) is 2.72. The second kappa shape index (κ2) is 7.85. The average Bonchev–Trinajstić information content (AvgIpc) is 2.53. The molecule has 0 saturated carbocycles. The van der Waals surface area contributed by atoms with Crippen molar-refractivity contribution in [3.05, 3.63) is 60.4 Å². The lowest BCUT2D eigenvalue weighted by molar-refractivity contribution is -0.111. The van der Waals surface area contributed by atoms with Crippen LogP contribution in [-0.4, -0.2) is 17.5 Å². The first-order valence-corrected chi connectivity index (χ1v) is 6.90. The Morgan fingerprint density at radius 2 is 2.14 bits per heavy atom. The van der Waals surface area contributed by atoms with Gasteiger partial charge in [-0.1, -0.05) is 25.1 Å². The fourth-order valence-electron chi connectivity index (χ4n) is 1.73. The number of rotatable bonds is 6. The van der Waals surface area contributed by atoms with Crippen LogP contribution in [0.15, 0.2) is 54.9 Å². The number of pyridine rings is 1. The molecule has 1 aromatic carbocycles. The molecule has 1 N–H and O–H groups in total. The van der Waals surface area contributed by atoms with Gasteiger partial charge in [-0.3, -0.25) is 9.78 Å². The topological polar surface area (TPSA) is 51.2 Å². The van der Waals surface area contributed by atoms with E-state index in [0.29, 0.717) is 18.0 Å². The first-order valence-electron chi connectivity index (χ1n) is 6.90. The van der Waals surface area contributed by atoms with E-state index in [0.717, 1.165) is 12.0 Å². The quantitative estimate of drug-likeness (QED) is 0.825. The summed E-state index contributed by atoms with van der Waals surface area (Å²) in [6, 6.07) is 11.1. The third-order valence-electron chi connectivity index (χ3n) is 2.72. The van der Waals surface area contributed by atoms with Crippen LogP contribution in [0.2, 0.25) is 0 Å². The van der Waals surface area contributed by atoms with Crippen molar-refractivity contribution in [3.63, 3.8) is 0 Å². The normalized spacial score (nSPS) is 10.5. The summed E-state index contributed by atoms with van der Waals surface area (Å²) in [5, 5.41) is 2.82. The maximum atomic E-state index is 11.9. The van der Waals surface area contributed by atoms with E-state index < -0.39 is 0 Å². The maximum absolute atomic E-state index is 11.9. The highest BCUT2D eigenvalue weighted by Gasteiger charge is 2.04. The number of nitrogens with one attached hydrogen (secondary N) is 1. The number of amides is 1. The second-order valence-corrected chi connectivity index (χ2v) is 4.45. The molecule has 2 rings (SSSR count). The number of para-hydroxylation sites is 2. The molecule has 0 unspecified atom stereocenters. The van der Waals surface area contributed by atoms with Crippen molar-refractivity contribution in [2.75, 3.05) is 11.9 Å². The molecule has 108 valence electrons. The Morgan fingerprint density at radius 3 is 2.90 bits per heavy atom. The standard InChI is InChI=1S/C17H18N2O2/c1-2-12-21-16-8-4-3-7-15(16)19-17(20)10-9-14-6-5-11-18-13-14/h3-11,13H,2,12H2,1H3,(H,19,20)/b10-9+. The number of benzene rings is 1. The largest absolute Gasteiger partial charge is 0.491 e. The van der Waals surface area contributed by atoms with Crippen LogP contribution < -0.4 is 10.1 Å². The molecule has 0 aliphatic carbocycles. The Labute approximate surface area is 124 Å². The van der Waals surface area contributed by atoms with Gasteiger partial charge in [0.25, 0.3) is 0 Å². The number of carbonyl (C=O) groups is 1. The van der Waals surface area contributed by atoms with Crippen LogP contribution in [0.25, 0.3) is 6.08 Å². The molecule has 1 amide bonds. The lowest BCUT2D eigenvalue weighted by atomic mass is 10.2. The Hall–Kier alpha value is -2.62. The van der Waals surface area contributed by atoms with Crippen LogP contribution in [0.5, 0.6) is 5.75 Å². The first-order chi connectivity index (χ1) is 10.3. The summed E-state index contributed by atoms with van der Waals surface area (Å²) in [7, 11) is 0. The number of hydrogen-bond acceptors (Lipinski definition) is 3. The van der Waals surface area contributed by atoms with E-state index in [1.165, 1.54) is 6.08 Å². The first kappa shape index (κ1) is 14.8. The van der Waals surface area contributed by atoms with Gasteiger partial charge in [0, 0.05) is 18.5 Å². The molecule has 1 aromatic heterocycles. The van der Waals surface area contributed by atoms with Gasteiger partial charge in [0.05, 0.1) is 12.3 Å². The predicted molar refractivity (Wildman–Crippen MR) is 84.1 cm³/mol. The Bertz CT molecular complexity index is 609. The number of anilines is 1. The van der Waals surface area contributed by atoms with Gasteiger partial charge >= 0.3 is 0 Å². The van der Waals surface area contributed by atoms with Crippen molar-refractivity contribution in [3.8, 4) is 5.75 Å². The second-order valence-electron chi connectivity index (χ2n) is 4.45.